The third-order valence-corrected chi connectivity index (χ3v) is 4.74. The number of aromatic nitrogens is 4. The van der Waals surface area contributed by atoms with E-state index in [1.807, 2.05) is 36.4 Å². The molecule has 4 rings (SSSR count). The summed E-state index contributed by atoms with van der Waals surface area (Å²) >= 11 is 1.40. The summed E-state index contributed by atoms with van der Waals surface area (Å²) in [6, 6.07) is 15.8. The SMILES string of the molecule is O=c1c2nnc(SCc3cccc(F)c3)n2ccn1-c1ccccc1. The normalized spacial score (nSPS) is 11.1. The summed E-state index contributed by atoms with van der Waals surface area (Å²) in [6.07, 6.45) is 3.46. The van der Waals surface area contributed by atoms with Gasteiger partial charge in [0.1, 0.15) is 5.82 Å². The lowest BCUT2D eigenvalue weighted by Gasteiger charge is -2.06. The first kappa shape index (κ1) is 15.6. The van der Waals surface area contributed by atoms with E-state index in [0.717, 1.165) is 11.3 Å². The summed E-state index contributed by atoms with van der Waals surface area (Å²) in [5.41, 5.74) is 1.64. The summed E-state index contributed by atoms with van der Waals surface area (Å²) in [6.45, 7) is 0. The molecule has 0 unspecified atom stereocenters. The minimum atomic E-state index is -0.269. The number of rotatable bonds is 4. The van der Waals surface area contributed by atoms with Crippen LogP contribution in [0.1, 0.15) is 5.56 Å². The van der Waals surface area contributed by atoms with Crippen LogP contribution in [0.3, 0.4) is 0 Å². The summed E-state index contributed by atoms with van der Waals surface area (Å²) in [5, 5.41) is 8.71. The quantitative estimate of drug-likeness (QED) is 0.529. The Morgan fingerprint density at radius 2 is 1.84 bits per heavy atom. The van der Waals surface area contributed by atoms with Crippen LogP contribution < -0.4 is 5.56 Å². The van der Waals surface area contributed by atoms with Crippen molar-refractivity contribution < 1.29 is 4.39 Å². The molecule has 0 aliphatic carbocycles. The highest BCUT2D eigenvalue weighted by Gasteiger charge is 2.12. The molecule has 2 aromatic carbocycles. The van der Waals surface area contributed by atoms with Crippen molar-refractivity contribution >= 4 is 17.4 Å². The average Bonchev–Trinajstić information content (AvgIpc) is 3.05. The summed E-state index contributed by atoms with van der Waals surface area (Å²) in [4.78, 5) is 12.6. The van der Waals surface area contributed by atoms with Crippen molar-refractivity contribution in [2.24, 2.45) is 0 Å². The molecule has 0 saturated carbocycles. The second kappa shape index (κ2) is 6.52. The van der Waals surface area contributed by atoms with Crippen LogP contribution >= 0.6 is 11.8 Å². The van der Waals surface area contributed by atoms with Crippen molar-refractivity contribution in [2.45, 2.75) is 10.9 Å². The van der Waals surface area contributed by atoms with Crippen molar-refractivity contribution in [3.63, 3.8) is 0 Å². The topological polar surface area (TPSA) is 52.2 Å². The van der Waals surface area contributed by atoms with E-state index in [9.17, 15) is 9.18 Å². The molecule has 25 heavy (non-hydrogen) atoms. The van der Waals surface area contributed by atoms with Gasteiger partial charge in [-0.25, -0.2) is 4.39 Å². The Kier molecular flexibility index (Phi) is 4.07. The van der Waals surface area contributed by atoms with E-state index in [2.05, 4.69) is 10.2 Å². The van der Waals surface area contributed by atoms with Crippen LogP contribution in [0.25, 0.3) is 11.3 Å². The largest absolute Gasteiger partial charge is 0.300 e. The first-order valence-corrected chi connectivity index (χ1v) is 8.60. The van der Waals surface area contributed by atoms with Crippen LogP contribution in [0.15, 0.2) is 76.9 Å². The van der Waals surface area contributed by atoms with Gasteiger partial charge in [-0.05, 0) is 29.8 Å². The molecule has 7 heteroatoms. The van der Waals surface area contributed by atoms with Crippen molar-refractivity contribution in [1.29, 1.82) is 0 Å². The zero-order valence-electron chi connectivity index (χ0n) is 13.0. The van der Waals surface area contributed by atoms with Gasteiger partial charge in [0.05, 0.1) is 0 Å². The standard InChI is InChI=1S/C18H13FN4OS/c19-14-6-4-5-13(11-14)12-25-18-21-20-16-17(24)22(9-10-23(16)18)15-7-2-1-3-8-15/h1-11H,12H2. The third kappa shape index (κ3) is 3.06. The highest BCUT2D eigenvalue weighted by Crippen LogP contribution is 2.21. The Bertz CT molecular complexity index is 1090. The van der Waals surface area contributed by atoms with E-state index in [1.165, 1.54) is 28.5 Å². The third-order valence-electron chi connectivity index (χ3n) is 3.73. The molecule has 0 saturated heterocycles. The minimum Gasteiger partial charge on any atom is -0.280 e. The van der Waals surface area contributed by atoms with Crippen LogP contribution in [-0.2, 0) is 5.75 Å². The summed E-state index contributed by atoms with van der Waals surface area (Å²) in [5.74, 6) is 0.273. The number of fused-ring (bicyclic) bond motifs is 1. The number of hydrogen-bond acceptors (Lipinski definition) is 4. The molecule has 0 aliphatic rings. The monoisotopic (exact) mass is 352 g/mol. The number of hydrogen-bond donors (Lipinski definition) is 0. The van der Waals surface area contributed by atoms with Gasteiger partial charge in [-0.15, -0.1) is 10.2 Å². The van der Waals surface area contributed by atoms with Gasteiger partial charge in [-0.1, -0.05) is 42.1 Å². The van der Waals surface area contributed by atoms with E-state index < -0.39 is 0 Å². The molecule has 0 aliphatic heterocycles. The van der Waals surface area contributed by atoms with Crippen LogP contribution in [0.5, 0.6) is 0 Å². The van der Waals surface area contributed by atoms with Crippen LogP contribution in [0, 0.1) is 5.82 Å². The molecule has 0 bridgehead atoms. The molecule has 0 amide bonds. The maximum absolute atomic E-state index is 13.3. The fraction of sp³-hybridized carbons (Fsp3) is 0.0556. The van der Waals surface area contributed by atoms with Crippen molar-refractivity contribution in [3.8, 4) is 5.69 Å². The highest BCUT2D eigenvalue weighted by atomic mass is 32.2. The zero-order chi connectivity index (χ0) is 17.2. The Balaban J connectivity index is 1.66. The Hall–Kier alpha value is -2.93. The van der Waals surface area contributed by atoms with E-state index in [4.69, 9.17) is 0 Å². The molecule has 0 radical (unpaired) electrons. The van der Waals surface area contributed by atoms with Gasteiger partial charge in [0.2, 0.25) is 5.65 Å². The number of thioether (sulfide) groups is 1. The van der Waals surface area contributed by atoms with Crippen molar-refractivity contribution in [2.75, 3.05) is 0 Å². The molecule has 4 aromatic rings. The maximum atomic E-state index is 13.3. The average molecular weight is 352 g/mol. The summed E-state index contributed by atoms with van der Waals surface area (Å²) < 4.78 is 16.4. The van der Waals surface area contributed by atoms with E-state index >= 15 is 0 Å². The number of halogens is 1. The van der Waals surface area contributed by atoms with Crippen molar-refractivity contribution in [3.05, 3.63) is 88.7 Å². The van der Waals surface area contributed by atoms with Gasteiger partial charge in [-0.2, -0.15) is 0 Å². The van der Waals surface area contributed by atoms with Crippen LogP contribution in [-0.4, -0.2) is 19.2 Å². The lowest BCUT2D eigenvalue weighted by Crippen LogP contribution is -2.20. The fourth-order valence-corrected chi connectivity index (χ4v) is 3.39. The number of benzene rings is 2. The van der Waals surface area contributed by atoms with Gasteiger partial charge in [-0.3, -0.25) is 13.8 Å². The van der Waals surface area contributed by atoms with Gasteiger partial charge in [0.25, 0.3) is 0 Å². The zero-order valence-corrected chi connectivity index (χ0v) is 13.9. The molecule has 0 spiro atoms. The van der Waals surface area contributed by atoms with Crippen molar-refractivity contribution in [1.82, 2.24) is 19.2 Å². The van der Waals surface area contributed by atoms with Gasteiger partial charge in [0, 0.05) is 23.8 Å². The van der Waals surface area contributed by atoms with Crippen LogP contribution in [0.4, 0.5) is 4.39 Å². The Labute approximate surface area is 146 Å². The van der Waals surface area contributed by atoms with E-state index in [-0.39, 0.29) is 17.0 Å². The fourth-order valence-electron chi connectivity index (χ4n) is 2.53. The van der Waals surface area contributed by atoms with Crippen LogP contribution in [0.2, 0.25) is 0 Å². The van der Waals surface area contributed by atoms with Gasteiger partial charge in [0.15, 0.2) is 5.16 Å². The molecular weight excluding hydrogens is 339 g/mol. The molecular formula is C18H13FN4OS. The lowest BCUT2D eigenvalue weighted by atomic mass is 10.2. The first-order valence-electron chi connectivity index (χ1n) is 7.61. The molecule has 0 N–H and O–H groups in total. The Morgan fingerprint density at radius 3 is 2.64 bits per heavy atom. The maximum Gasteiger partial charge on any atom is 0.300 e. The molecule has 124 valence electrons. The van der Waals surface area contributed by atoms with E-state index in [0.29, 0.717) is 10.9 Å². The predicted octanol–water partition coefficient (Wildman–Crippen LogP) is 3.31. The van der Waals surface area contributed by atoms with Gasteiger partial charge >= 0.3 is 5.56 Å². The number of nitrogens with zero attached hydrogens (tertiary/aromatic N) is 4. The second-order valence-electron chi connectivity index (χ2n) is 5.40. The number of para-hydroxylation sites is 1. The smallest absolute Gasteiger partial charge is 0.280 e. The predicted molar refractivity (Wildman–Crippen MR) is 94.5 cm³/mol. The first-order chi connectivity index (χ1) is 12.2. The molecule has 5 nitrogen and oxygen atoms in total. The minimum absolute atomic E-state index is 0.237. The molecule has 0 fully saturated rings. The molecule has 2 heterocycles. The molecule has 2 aromatic heterocycles. The second-order valence-corrected chi connectivity index (χ2v) is 6.35. The van der Waals surface area contributed by atoms with E-state index in [1.54, 1.807) is 22.9 Å². The Morgan fingerprint density at radius 1 is 1.00 bits per heavy atom. The molecule has 0 atom stereocenters. The van der Waals surface area contributed by atoms with Gasteiger partial charge < -0.3 is 0 Å². The highest BCUT2D eigenvalue weighted by molar-refractivity contribution is 7.98. The lowest BCUT2D eigenvalue weighted by molar-refractivity contribution is 0.626. The summed E-state index contributed by atoms with van der Waals surface area (Å²) in [7, 11) is 0.